The standard InChI is InChI=1S/C3H6N4O/c1-2-7-3(8)4-5-6-7/h2H2,1H3,(H,4,6,8). The Labute approximate surface area is 45.3 Å². The Morgan fingerprint density at radius 1 is 1.88 bits per heavy atom. The van der Waals surface area contributed by atoms with Gasteiger partial charge in [-0.15, -0.1) is 0 Å². The lowest BCUT2D eigenvalue weighted by Crippen LogP contribution is -2.16. The van der Waals surface area contributed by atoms with E-state index in [1.165, 1.54) is 4.68 Å². The van der Waals surface area contributed by atoms with Gasteiger partial charge in [0.1, 0.15) is 0 Å². The van der Waals surface area contributed by atoms with Crippen LogP contribution in [0.15, 0.2) is 4.79 Å². The highest BCUT2D eigenvalue weighted by atomic mass is 16.2. The maximum Gasteiger partial charge on any atom is 0.361 e. The van der Waals surface area contributed by atoms with E-state index in [9.17, 15) is 4.79 Å². The molecule has 1 aromatic heterocycles. The lowest BCUT2D eigenvalue weighted by Gasteiger charge is -1.82. The zero-order chi connectivity index (χ0) is 5.98. The van der Waals surface area contributed by atoms with Crippen LogP contribution in [0.4, 0.5) is 0 Å². The van der Waals surface area contributed by atoms with Crippen LogP contribution in [0.5, 0.6) is 0 Å². The molecule has 0 saturated carbocycles. The van der Waals surface area contributed by atoms with E-state index >= 15 is 0 Å². The maximum atomic E-state index is 10.4. The third-order valence-electron chi connectivity index (χ3n) is 0.832. The molecular formula is C3H6N4O. The molecule has 0 atom stereocenters. The minimum absolute atomic E-state index is 0.257. The van der Waals surface area contributed by atoms with Crippen molar-refractivity contribution in [3.63, 3.8) is 0 Å². The lowest BCUT2D eigenvalue weighted by atomic mass is 10.8. The molecule has 8 heavy (non-hydrogen) atoms. The van der Waals surface area contributed by atoms with Gasteiger partial charge in [-0.1, -0.05) is 0 Å². The van der Waals surface area contributed by atoms with Crippen LogP contribution in [0, 0.1) is 0 Å². The van der Waals surface area contributed by atoms with E-state index in [-0.39, 0.29) is 5.69 Å². The van der Waals surface area contributed by atoms with Crippen LogP contribution in [0.25, 0.3) is 0 Å². The number of aromatic amines is 1. The zero-order valence-electron chi connectivity index (χ0n) is 4.46. The molecule has 0 amide bonds. The van der Waals surface area contributed by atoms with Crippen LogP contribution in [0.2, 0.25) is 0 Å². The highest BCUT2D eigenvalue weighted by molar-refractivity contribution is 4.47. The van der Waals surface area contributed by atoms with Gasteiger partial charge in [0.05, 0.1) is 0 Å². The number of rotatable bonds is 1. The van der Waals surface area contributed by atoms with Crippen molar-refractivity contribution in [3.8, 4) is 0 Å². The minimum Gasteiger partial charge on any atom is -0.245 e. The SMILES string of the molecule is CCn1nn[nH]c1=O. The number of hydrogen-bond donors (Lipinski definition) is 1. The number of hydrogen-bond acceptors (Lipinski definition) is 3. The molecule has 0 aromatic carbocycles. The molecule has 1 aromatic rings. The molecule has 0 fully saturated rings. The van der Waals surface area contributed by atoms with E-state index in [1.807, 2.05) is 6.92 Å². The summed E-state index contributed by atoms with van der Waals surface area (Å²) in [6.45, 7) is 2.39. The zero-order valence-corrected chi connectivity index (χ0v) is 4.46. The van der Waals surface area contributed by atoms with Crippen molar-refractivity contribution in [2.75, 3.05) is 0 Å². The summed E-state index contributed by atoms with van der Waals surface area (Å²) in [6.07, 6.45) is 0. The smallest absolute Gasteiger partial charge is 0.245 e. The summed E-state index contributed by atoms with van der Waals surface area (Å²) in [5.74, 6) is 0. The molecule has 1 rings (SSSR count). The third-order valence-corrected chi connectivity index (χ3v) is 0.832. The van der Waals surface area contributed by atoms with Crippen molar-refractivity contribution in [3.05, 3.63) is 10.5 Å². The van der Waals surface area contributed by atoms with Gasteiger partial charge in [0, 0.05) is 6.54 Å². The van der Waals surface area contributed by atoms with E-state index in [0.717, 1.165) is 0 Å². The number of nitrogens with one attached hydrogen (secondary N) is 1. The monoisotopic (exact) mass is 114 g/mol. The Bertz CT molecular complexity index is 211. The van der Waals surface area contributed by atoms with Gasteiger partial charge < -0.3 is 0 Å². The predicted molar refractivity (Wildman–Crippen MR) is 26.3 cm³/mol. The van der Waals surface area contributed by atoms with Crippen LogP contribution in [-0.2, 0) is 6.54 Å². The van der Waals surface area contributed by atoms with Gasteiger partial charge >= 0.3 is 5.69 Å². The van der Waals surface area contributed by atoms with Crippen LogP contribution < -0.4 is 5.69 Å². The second-order valence-corrected chi connectivity index (χ2v) is 1.32. The predicted octanol–water partition coefficient (Wildman–Crippen LogP) is -1.01. The third kappa shape index (κ3) is 0.617. The molecule has 0 unspecified atom stereocenters. The summed E-state index contributed by atoms with van der Waals surface area (Å²) < 4.78 is 1.24. The van der Waals surface area contributed by atoms with Gasteiger partial charge in [0.2, 0.25) is 0 Å². The topological polar surface area (TPSA) is 63.6 Å². The van der Waals surface area contributed by atoms with E-state index in [2.05, 4.69) is 15.5 Å². The lowest BCUT2D eigenvalue weighted by molar-refractivity contribution is 0.609. The summed E-state index contributed by atoms with van der Waals surface area (Å²) in [4.78, 5) is 10.4. The summed E-state index contributed by atoms with van der Waals surface area (Å²) in [6, 6.07) is 0. The van der Waals surface area contributed by atoms with Crippen LogP contribution in [0.3, 0.4) is 0 Å². The highest BCUT2D eigenvalue weighted by Crippen LogP contribution is 1.62. The second-order valence-electron chi connectivity index (χ2n) is 1.32. The van der Waals surface area contributed by atoms with Gasteiger partial charge in [-0.05, 0) is 17.4 Å². The first-order chi connectivity index (χ1) is 3.84. The molecule has 44 valence electrons. The number of aromatic nitrogens is 4. The number of H-pyrrole nitrogens is 1. The van der Waals surface area contributed by atoms with Gasteiger partial charge in [0.15, 0.2) is 0 Å². The molecule has 0 saturated heterocycles. The Morgan fingerprint density at radius 3 is 2.88 bits per heavy atom. The molecular weight excluding hydrogens is 108 g/mol. The minimum atomic E-state index is -0.257. The molecule has 0 spiro atoms. The first-order valence-electron chi connectivity index (χ1n) is 2.32. The van der Waals surface area contributed by atoms with Gasteiger partial charge in [-0.2, -0.15) is 4.68 Å². The average Bonchev–Trinajstić information content (AvgIpc) is 2.14. The van der Waals surface area contributed by atoms with E-state index in [0.29, 0.717) is 6.54 Å². The van der Waals surface area contributed by atoms with Crippen molar-refractivity contribution in [2.24, 2.45) is 0 Å². The van der Waals surface area contributed by atoms with Crippen molar-refractivity contribution < 1.29 is 0 Å². The fourth-order valence-corrected chi connectivity index (χ4v) is 0.424. The fourth-order valence-electron chi connectivity index (χ4n) is 0.424. The van der Waals surface area contributed by atoms with Crippen LogP contribution >= 0.6 is 0 Å². The second kappa shape index (κ2) is 1.77. The summed E-state index contributed by atoms with van der Waals surface area (Å²) in [5.41, 5.74) is -0.257. The first kappa shape index (κ1) is 5.02. The first-order valence-corrected chi connectivity index (χ1v) is 2.32. The normalized spacial score (nSPS) is 9.62. The molecule has 0 bridgehead atoms. The van der Waals surface area contributed by atoms with E-state index in [1.54, 1.807) is 0 Å². The Balaban J connectivity index is 3.11. The quantitative estimate of drug-likeness (QED) is 0.508. The highest BCUT2D eigenvalue weighted by Gasteiger charge is 1.90. The van der Waals surface area contributed by atoms with Crippen molar-refractivity contribution in [1.29, 1.82) is 0 Å². The molecule has 5 nitrogen and oxygen atoms in total. The van der Waals surface area contributed by atoms with Crippen molar-refractivity contribution >= 4 is 0 Å². The molecule has 5 heteroatoms. The number of tetrazole rings is 1. The largest absolute Gasteiger partial charge is 0.361 e. The number of nitrogens with zero attached hydrogens (tertiary/aromatic N) is 3. The Hall–Kier alpha value is -1.13. The molecule has 1 N–H and O–H groups in total. The molecule has 0 radical (unpaired) electrons. The Kier molecular flexibility index (Phi) is 1.11. The van der Waals surface area contributed by atoms with Crippen molar-refractivity contribution in [1.82, 2.24) is 20.2 Å². The van der Waals surface area contributed by atoms with Gasteiger partial charge in [-0.3, -0.25) is 0 Å². The van der Waals surface area contributed by atoms with E-state index < -0.39 is 0 Å². The van der Waals surface area contributed by atoms with Crippen molar-refractivity contribution in [2.45, 2.75) is 13.5 Å². The van der Waals surface area contributed by atoms with E-state index in [4.69, 9.17) is 0 Å². The summed E-state index contributed by atoms with van der Waals surface area (Å²) >= 11 is 0. The molecule has 1 heterocycles. The summed E-state index contributed by atoms with van der Waals surface area (Å²) in [5, 5.41) is 8.87. The number of aryl methyl sites for hydroxylation is 1. The fraction of sp³-hybridized carbons (Fsp3) is 0.667. The average molecular weight is 114 g/mol. The van der Waals surface area contributed by atoms with Gasteiger partial charge in [-0.25, -0.2) is 9.89 Å². The molecule has 0 aliphatic rings. The summed E-state index contributed by atoms with van der Waals surface area (Å²) in [7, 11) is 0. The maximum absolute atomic E-state index is 10.4. The molecule has 0 aliphatic heterocycles. The van der Waals surface area contributed by atoms with Gasteiger partial charge in [0.25, 0.3) is 0 Å². The molecule has 0 aliphatic carbocycles. The Morgan fingerprint density at radius 2 is 2.62 bits per heavy atom. The van der Waals surface area contributed by atoms with Crippen LogP contribution in [0.1, 0.15) is 6.92 Å². The van der Waals surface area contributed by atoms with Crippen LogP contribution in [-0.4, -0.2) is 20.2 Å².